The lowest BCUT2D eigenvalue weighted by Gasteiger charge is -2.34. The van der Waals surface area contributed by atoms with Gasteiger partial charge < -0.3 is 19.6 Å². The Bertz CT molecular complexity index is 342. The second-order valence-corrected chi connectivity index (χ2v) is 5.46. The maximum Gasteiger partial charge on any atom is 0.334 e. The number of morpholine rings is 1. The van der Waals surface area contributed by atoms with Crippen LogP contribution in [0.3, 0.4) is 0 Å². The van der Waals surface area contributed by atoms with Crippen molar-refractivity contribution in [1.82, 2.24) is 9.80 Å². The van der Waals surface area contributed by atoms with E-state index >= 15 is 0 Å². The number of hydrogen-bond acceptors (Lipinski definition) is 3. The molecular weight excluding hydrogens is 248 g/mol. The summed E-state index contributed by atoms with van der Waals surface area (Å²) >= 11 is 0. The zero-order valence-corrected chi connectivity index (χ0v) is 11.4. The van der Waals surface area contributed by atoms with E-state index < -0.39 is 12.1 Å². The molecule has 1 atom stereocenters. The molecule has 2 fully saturated rings. The molecule has 1 heterocycles. The van der Waals surface area contributed by atoms with Crippen LogP contribution in [0.2, 0.25) is 0 Å². The van der Waals surface area contributed by atoms with Crippen LogP contribution in [-0.4, -0.2) is 66.3 Å². The summed E-state index contributed by atoms with van der Waals surface area (Å²) < 4.78 is 5.12. The van der Waals surface area contributed by atoms with E-state index in [-0.39, 0.29) is 12.6 Å². The normalized spacial score (nSPS) is 24.5. The first-order chi connectivity index (χ1) is 9.08. The standard InChI is InChI=1S/C13H22N2O4/c1-14(8-10-4-2-3-5-10)13(18)15-6-7-19-11(9-15)12(16)17/h10-11H,2-9H2,1H3,(H,16,17). The Morgan fingerprint density at radius 2 is 2.05 bits per heavy atom. The molecule has 0 aromatic heterocycles. The molecule has 1 aliphatic heterocycles. The first-order valence-electron chi connectivity index (χ1n) is 6.92. The number of urea groups is 1. The van der Waals surface area contributed by atoms with E-state index in [2.05, 4.69) is 0 Å². The molecule has 0 aromatic carbocycles. The van der Waals surface area contributed by atoms with E-state index in [1.54, 1.807) is 16.8 Å². The number of rotatable bonds is 3. The summed E-state index contributed by atoms with van der Waals surface area (Å²) in [6, 6.07) is -0.0820. The summed E-state index contributed by atoms with van der Waals surface area (Å²) in [5.41, 5.74) is 0. The van der Waals surface area contributed by atoms with Gasteiger partial charge in [-0.05, 0) is 18.8 Å². The second-order valence-electron chi connectivity index (χ2n) is 5.46. The average molecular weight is 270 g/mol. The lowest BCUT2D eigenvalue weighted by atomic mass is 10.1. The van der Waals surface area contributed by atoms with E-state index in [0.29, 0.717) is 19.1 Å². The van der Waals surface area contributed by atoms with Crippen molar-refractivity contribution < 1.29 is 19.4 Å². The Morgan fingerprint density at radius 1 is 1.37 bits per heavy atom. The van der Waals surface area contributed by atoms with Gasteiger partial charge in [-0.15, -0.1) is 0 Å². The second kappa shape index (κ2) is 6.23. The van der Waals surface area contributed by atoms with Gasteiger partial charge in [0.2, 0.25) is 0 Å². The van der Waals surface area contributed by atoms with Gasteiger partial charge in [0.15, 0.2) is 6.10 Å². The number of hydrogen-bond donors (Lipinski definition) is 1. The topological polar surface area (TPSA) is 70.1 Å². The predicted octanol–water partition coefficient (Wildman–Crippen LogP) is 1.01. The van der Waals surface area contributed by atoms with Crippen LogP contribution in [0.4, 0.5) is 4.79 Å². The molecular formula is C13H22N2O4. The van der Waals surface area contributed by atoms with Crippen LogP contribution in [0.1, 0.15) is 25.7 Å². The average Bonchev–Trinajstić information content (AvgIpc) is 2.90. The van der Waals surface area contributed by atoms with Gasteiger partial charge in [-0.1, -0.05) is 12.8 Å². The first-order valence-corrected chi connectivity index (χ1v) is 6.92. The summed E-state index contributed by atoms with van der Waals surface area (Å²) in [5.74, 6) is -0.402. The van der Waals surface area contributed by atoms with E-state index in [9.17, 15) is 9.59 Å². The fourth-order valence-electron chi connectivity index (χ4n) is 2.87. The van der Waals surface area contributed by atoms with Gasteiger partial charge >= 0.3 is 12.0 Å². The van der Waals surface area contributed by atoms with Crippen LogP contribution in [-0.2, 0) is 9.53 Å². The van der Waals surface area contributed by atoms with Crippen molar-refractivity contribution in [2.75, 3.05) is 33.3 Å². The highest BCUT2D eigenvalue weighted by molar-refractivity contribution is 5.77. The van der Waals surface area contributed by atoms with Crippen LogP contribution < -0.4 is 0 Å². The van der Waals surface area contributed by atoms with Gasteiger partial charge in [-0.2, -0.15) is 0 Å². The third-order valence-electron chi connectivity index (χ3n) is 3.95. The molecule has 0 aromatic rings. The van der Waals surface area contributed by atoms with Crippen molar-refractivity contribution in [2.45, 2.75) is 31.8 Å². The number of carboxylic acids is 1. The van der Waals surface area contributed by atoms with E-state index in [1.165, 1.54) is 25.7 Å². The van der Waals surface area contributed by atoms with Gasteiger partial charge in [-0.25, -0.2) is 9.59 Å². The van der Waals surface area contributed by atoms with Crippen LogP contribution in [0.5, 0.6) is 0 Å². The van der Waals surface area contributed by atoms with Gasteiger partial charge in [0, 0.05) is 20.1 Å². The number of carbonyl (C=O) groups excluding carboxylic acids is 1. The number of nitrogens with zero attached hydrogens (tertiary/aromatic N) is 2. The highest BCUT2D eigenvalue weighted by Crippen LogP contribution is 2.25. The summed E-state index contributed by atoms with van der Waals surface area (Å²) in [6.07, 6.45) is 4.01. The zero-order chi connectivity index (χ0) is 13.8. The quantitative estimate of drug-likeness (QED) is 0.831. The lowest BCUT2D eigenvalue weighted by Crippen LogP contribution is -2.52. The summed E-state index contributed by atoms with van der Waals surface area (Å²) in [6.45, 7) is 1.68. The summed E-state index contributed by atoms with van der Waals surface area (Å²) in [7, 11) is 1.80. The summed E-state index contributed by atoms with van der Waals surface area (Å²) in [4.78, 5) is 26.5. The highest BCUT2D eigenvalue weighted by Gasteiger charge is 2.31. The van der Waals surface area contributed by atoms with Gasteiger partial charge in [0.25, 0.3) is 0 Å². The Morgan fingerprint density at radius 3 is 2.68 bits per heavy atom. The van der Waals surface area contributed by atoms with Gasteiger partial charge in [0.05, 0.1) is 13.2 Å². The molecule has 1 saturated heterocycles. The van der Waals surface area contributed by atoms with Crippen molar-refractivity contribution in [2.24, 2.45) is 5.92 Å². The molecule has 108 valence electrons. The maximum atomic E-state index is 12.3. The highest BCUT2D eigenvalue weighted by atomic mass is 16.5. The fourth-order valence-corrected chi connectivity index (χ4v) is 2.87. The molecule has 6 heteroatoms. The minimum absolute atomic E-state index is 0.0820. The predicted molar refractivity (Wildman–Crippen MR) is 68.9 cm³/mol. The number of aliphatic carboxylic acids is 1. The monoisotopic (exact) mass is 270 g/mol. The van der Waals surface area contributed by atoms with E-state index in [4.69, 9.17) is 9.84 Å². The van der Waals surface area contributed by atoms with E-state index in [1.807, 2.05) is 0 Å². The maximum absolute atomic E-state index is 12.3. The summed E-state index contributed by atoms with van der Waals surface area (Å²) in [5, 5.41) is 8.93. The molecule has 1 aliphatic carbocycles. The third kappa shape index (κ3) is 3.59. The Balaban J connectivity index is 1.85. The largest absolute Gasteiger partial charge is 0.479 e. The molecule has 1 unspecified atom stereocenters. The Kier molecular flexibility index (Phi) is 4.63. The number of carboxylic acid groups (broad SMARTS) is 1. The zero-order valence-electron chi connectivity index (χ0n) is 11.4. The molecule has 2 rings (SSSR count). The SMILES string of the molecule is CN(CC1CCCC1)C(=O)N1CCOC(C(=O)O)C1. The molecule has 0 spiro atoms. The van der Waals surface area contributed by atoms with E-state index in [0.717, 1.165) is 6.54 Å². The molecule has 6 nitrogen and oxygen atoms in total. The minimum atomic E-state index is -1.00. The Labute approximate surface area is 113 Å². The van der Waals surface area contributed by atoms with Crippen LogP contribution in [0, 0.1) is 5.92 Å². The first kappa shape index (κ1) is 14.1. The van der Waals surface area contributed by atoms with Crippen LogP contribution in [0.15, 0.2) is 0 Å². The van der Waals surface area contributed by atoms with Crippen molar-refractivity contribution in [1.29, 1.82) is 0 Å². The number of amides is 2. The van der Waals surface area contributed by atoms with Crippen LogP contribution >= 0.6 is 0 Å². The molecule has 2 amide bonds. The molecule has 2 aliphatic rings. The third-order valence-corrected chi connectivity index (χ3v) is 3.95. The van der Waals surface area contributed by atoms with Crippen molar-refractivity contribution >= 4 is 12.0 Å². The lowest BCUT2D eigenvalue weighted by molar-refractivity contribution is -0.154. The molecule has 19 heavy (non-hydrogen) atoms. The van der Waals surface area contributed by atoms with Crippen molar-refractivity contribution in [3.63, 3.8) is 0 Å². The molecule has 1 N–H and O–H groups in total. The minimum Gasteiger partial charge on any atom is -0.479 e. The van der Waals surface area contributed by atoms with Gasteiger partial charge in [0.1, 0.15) is 0 Å². The smallest absolute Gasteiger partial charge is 0.334 e. The van der Waals surface area contributed by atoms with Crippen molar-refractivity contribution in [3.05, 3.63) is 0 Å². The molecule has 1 saturated carbocycles. The van der Waals surface area contributed by atoms with Gasteiger partial charge in [-0.3, -0.25) is 0 Å². The van der Waals surface area contributed by atoms with Crippen molar-refractivity contribution in [3.8, 4) is 0 Å². The number of ether oxygens (including phenoxy) is 1. The Hall–Kier alpha value is -1.30. The fraction of sp³-hybridized carbons (Fsp3) is 0.846. The number of carbonyl (C=O) groups is 2. The van der Waals surface area contributed by atoms with Crippen LogP contribution in [0.25, 0.3) is 0 Å². The molecule has 0 bridgehead atoms. The molecule has 0 radical (unpaired) electrons.